The number of benzene rings is 3. The standard InChI is InChI=1S/C23H24NO2S/c1-17-16-22(27(3)4)18(2)15-21(17)26-23(25)24(19-11-7-5-8-12-19)20-13-9-6-10-14-20/h5-16H,1-4H3/q+1. The SMILES string of the molecule is Cc1cc([S+](C)C)c(C)cc1OC(=O)N(c1ccccc1)c1ccccc1. The van der Waals surface area contributed by atoms with Gasteiger partial charge in [-0.05, 0) is 49.7 Å². The molecule has 0 aromatic heterocycles. The highest BCUT2D eigenvalue weighted by Crippen LogP contribution is 2.30. The zero-order valence-electron chi connectivity index (χ0n) is 16.1. The first kappa shape index (κ1) is 19.1. The topological polar surface area (TPSA) is 29.5 Å². The number of ether oxygens (including phenoxy) is 1. The maximum atomic E-state index is 13.1. The third-order valence-corrected chi connectivity index (χ3v) is 5.64. The van der Waals surface area contributed by atoms with E-state index in [0.29, 0.717) is 5.75 Å². The lowest BCUT2D eigenvalue weighted by atomic mass is 10.1. The highest BCUT2D eigenvalue weighted by atomic mass is 32.2. The average Bonchev–Trinajstić information content (AvgIpc) is 2.66. The van der Waals surface area contributed by atoms with Gasteiger partial charge in [0.05, 0.1) is 11.4 Å². The largest absolute Gasteiger partial charge is 0.424 e. The van der Waals surface area contributed by atoms with Crippen LogP contribution in [0.3, 0.4) is 0 Å². The molecule has 0 saturated heterocycles. The van der Waals surface area contributed by atoms with Gasteiger partial charge in [0, 0.05) is 22.5 Å². The number of carbonyl (C=O) groups is 1. The van der Waals surface area contributed by atoms with Crippen molar-refractivity contribution in [3.05, 3.63) is 83.9 Å². The van der Waals surface area contributed by atoms with Gasteiger partial charge >= 0.3 is 6.09 Å². The highest BCUT2D eigenvalue weighted by Gasteiger charge is 2.22. The first-order valence-corrected chi connectivity index (χ1v) is 10.8. The Morgan fingerprint density at radius 2 is 1.33 bits per heavy atom. The van der Waals surface area contributed by atoms with Crippen molar-refractivity contribution in [2.24, 2.45) is 0 Å². The van der Waals surface area contributed by atoms with Crippen molar-refractivity contribution in [2.45, 2.75) is 18.7 Å². The van der Waals surface area contributed by atoms with Gasteiger partial charge in [0.25, 0.3) is 0 Å². The van der Waals surface area contributed by atoms with E-state index in [2.05, 4.69) is 25.5 Å². The van der Waals surface area contributed by atoms with Gasteiger partial charge in [0.2, 0.25) is 0 Å². The van der Waals surface area contributed by atoms with Gasteiger partial charge in [-0.3, -0.25) is 0 Å². The maximum Gasteiger partial charge on any atom is 0.424 e. The predicted molar refractivity (Wildman–Crippen MR) is 114 cm³/mol. The molecule has 1 amide bonds. The number of nitrogens with zero attached hydrogens (tertiary/aromatic N) is 1. The van der Waals surface area contributed by atoms with E-state index in [9.17, 15) is 4.79 Å². The first-order chi connectivity index (χ1) is 13.0. The minimum absolute atomic E-state index is 0.159. The molecule has 3 nitrogen and oxygen atoms in total. The summed E-state index contributed by atoms with van der Waals surface area (Å²) >= 11 is 0. The molecule has 0 saturated carbocycles. The van der Waals surface area contributed by atoms with Crippen LogP contribution in [0.15, 0.2) is 77.7 Å². The molecule has 138 valence electrons. The van der Waals surface area contributed by atoms with Crippen LogP contribution in [0.25, 0.3) is 0 Å². The fraction of sp³-hybridized carbons (Fsp3) is 0.174. The van der Waals surface area contributed by atoms with Crippen molar-refractivity contribution >= 4 is 28.4 Å². The van der Waals surface area contributed by atoms with Gasteiger partial charge < -0.3 is 4.74 Å². The lowest BCUT2D eigenvalue weighted by Crippen LogP contribution is -2.29. The molecular weight excluding hydrogens is 354 g/mol. The third kappa shape index (κ3) is 4.34. The van der Waals surface area contributed by atoms with Crippen LogP contribution >= 0.6 is 0 Å². The predicted octanol–water partition coefficient (Wildman–Crippen LogP) is 5.88. The van der Waals surface area contributed by atoms with E-state index in [0.717, 1.165) is 22.5 Å². The van der Waals surface area contributed by atoms with Gasteiger partial charge in [-0.2, -0.15) is 0 Å². The molecular formula is C23H24NO2S+. The molecule has 0 spiro atoms. The molecule has 0 aliphatic rings. The van der Waals surface area contributed by atoms with E-state index in [-0.39, 0.29) is 10.9 Å². The third-order valence-electron chi connectivity index (χ3n) is 4.32. The van der Waals surface area contributed by atoms with E-state index < -0.39 is 6.09 Å². The molecule has 0 atom stereocenters. The quantitative estimate of drug-likeness (QED) is 0.531. The van der Waals surface area contributed by atoms with Crippen molar-refractivity contribution in [1.29, 1.82) is 0 Å². The van der Waals surface area contributed by atoms with E-state index >= 15 is 0 Å². The van der Waals surface area contributed by atoms with Crippen molar-refractivity contribution in [3.8, 4) is 5.75 Å². The number of rotatable bonds is 4. The van der Waals surface area contributed by atoms with Crippen LogP contribution in [0.1, 0.15) is 11.1 Å². The number of carbonyl (C=O) groups excluding carboxylic acids is 1. The van der Waals surface area contributed by atoms with Crippen LogP contribution in [0, 0.1) is 13.8 Å². The van der Waals surface area contributed by atoms with Crippen LogP contribution < -0.4 is 9.64 Å². The Bertz CT molecular complexity index is 884. The first-order valence-electron chi connectivity index (χ1n) is 8.78. The van der Waals surface area contributed by atoms with Crippen LogP contribution in [0.4, 0.5) is 16.2 Å². The minimum atomic E-state index is -0.422. The number of hydrogen-bond donors (Lipinski definition) is 0. The van der Waals surface area contributed by atoms with Gasteiger partial charge in [-0.1, -0.05) is 36.4 Å². The fourth-order valence-electron chi connectivity index (χ4n) is 2.97. The highest BCUT2D eigenvalue weighted by molar-refractivity contribution is 7.95. The van der Waals surface area contributed by atoms with Gasteiger partial charge in [-0.25, -0.2) is 9.69 Å². The van der Waals surface area contributed by atoms with E-state index in [1.807, 2.05) is 73.7 Å². The van der Waals surface area contributed by atoms with Crippen LogP contribution in [0.2, 0.25) is 0 Å². The summed E-state index contributed by atoms with van der Waals surface area (Å²) in [5.41, 5.74) is 3.64. The van der Waals surface area contributed by atoms with Crippen molar-refractivity contribution in [3.63, 3.8) is 0 Å². The Hall–Kier alpha value is -2.72. The number of amides is 1. The number of aryl methyl sites for hydroxylation is 2. The molecule has 0 aliphatic carbocycles. The van der Waals surface area contributed by atoms with Crippen molar-refractivity contribution < 1.29 is 9.53 Å². The van der Waals surface area contributed by atoms with E-state index in [4.69, 9.17) is 4.74 Å². The molecule has 0 N–H and O–H groups in total. The zero-order valence-corrected chi connectivity index (χ0v) is 16.9. The van der Waals surface area contributed by atoms with Crippen LogP contribution in [0.5, 0.6) is 5.75 Å². The number of anilines is 2. The van der Waals surface area contributed by atoms with Crippen LogP contribution in [-0.2, 0) is 10.9 Å². The second-order valence-electron chi connectivity index (χ2n) is 6.57. The average molecular weight is 379 g/mol. The van der Waals surface area contributed by atoms with Crippen molar-refractivity contribution in [1.82, 2.24) is 0 Å². The lowest BCUT2D eigenvalue weighted by Gasteiger charge is -2.23. The summed E-state index contributed by atoms with van der Waals surface area (Å²) < 4.78 is 5.82. The summed E-state index contributed by atoms with van der Waals surface area (Å²) in [6.45, 7) is 4.04. The number of para-hydroxylation sites is 2. The smallest absolute Gasteiger partial charge is 0.409 e. The van der Waals surface area contributed by atoms with Crippen molar-refractivity contribution in [2.75, 3.05) is 17.4 Å². The molecule has 0 unspecified atom stereocenters. The molecule has 3 aromatic rings. The summed E-state index contributed by atoms with van der Waals surface area (Å²) in [6.07, 6.45) is 3.97. The molecule has 0 radical (unpaired) electrons. The molecule has 0 aliphatic heterocycles. The molecule has 4 heteroatoms. The Morgan fingerprint density at radius 3 is 1.81 bits per heavy atom. The Kier molecular flexibility index (Phi) is 5.87. The summed E-state index contributed by atoms with van der Waals surface area (Å²) in [4.78, 5) is 16.0. The Morgan fingerprint density at radius 1 is 0.815 bits per heavy atom. The Labute approximate surface area is 163 Å². The summed E-state index contributed by atoms with van der Waals surface area (Å²) in [5, 5.41) is 0. The molecule has 3 aromatic carbocycles. The normalized spacial score (nSPS) is 10.7. The molecule has 27 heavy (non-hydrogen) atoms. The van der Waals surface area contributed by atoms with Gasteiger partial charge in [0.15, 0.2) is 4.90 Å². The van der Waals surface area contributed by atoms with E-state index in [1.54, 1.807) is 4.90 Å². The zero-order chi connectivity index (χ0) is 19.4. The second kappa shape index (κ2) is 8.31. The summed E-state index contributed by atoms with van der Waals surface area (Å²) in [7, 11) is 0.159. The summed E-state index contributed by atoms with van der Waals surface area (Å²) in [6, 6.07) is 23.2. The minimum Gasteiger partial charge on any atom is -0.409 e. The summed E-state index contributed by atoms with van der Waals surface area (Å²) in [5.74, 6) is 0.601. The molecule has 3 rings (SSSR count). The lowest BCUT2D eigenvalue weighted by molar-refractivity contribution is 0.210. The number of hydrogen-bond acceptors (Lipinski definition) is 2. The molecule has 0 heterocycles. The van der Waals surface area contributed by atoms with E-state index in [1.165, 1.54) is 4.90 Å². The second-order valence-corrected chi connectivity index (χ2v) is 8.65. The van der Waals surface area contributed by atoms with Gasteiger partial charge in [0.1, 0.15) is 18.3 Å². The van der Waals surface area contributed by atoms with Crippen LogP contribution in [-0.4, -0.2) is 18.6 Å². The molecule has 0 fully saturated rings. The maximum absolute atomic E-state index is 13.1. The Balaban J connectivity index is 1.96. The fourth-order valence-corrected chi connectivity index (χ4v) is 4.08. The van der Waals surface area contributed by atoms with Gasteiger partial charge in [-0.15, -0.1) is 0 Å². The molecule has 0 bridgehead atoms. The monoisotopic (exact) mass is 378 g/mol.